The molecule has 0 bridgehead atoms. The highest BCUT2D eigenvalue weighted by Crippen LogP contribution is 2.39. The van der Waals surface area contributed by atoms with Crippen LogP contribution in [0.2, 0.25) is 0 Å². The van der Waals surface area contributed by atoms with Crippen LogP contribution in [-0.4, -0.2) is 60.1 Å². The Labute approximate surface area is 104 Å². The summed E-state index contributed by atoms with van der Waals surface area (Å²) in [6.45, 7) is 6.07. The highest BCUT2D eigenvalue weighted by molar-refractivity contribution is 5.75. The average molecular weight is 240 g/mol. The van der Waals surface area contributed by atoms with Gasteiger partial charge >= 0.3 is 5.97 Å². The van der Waals surface area contributed by atoms with Crippen molar-refractivity contribution in [1.29, 1.82) is 0 Å². The van der Waals surface area contributed by atoms with Gasteiger partial charge in [0.05, 0.1) is 5.41 Å². The van der Waals surface area contributed by atoms with E-state index in [1.54, 1.807) is 0 Å². The van der Waals surface area contributed by atoms with Crippen LogP contribution in [0.15, 0.2) is 0 Å². The van der Waals surface area contributed by atoms with Gasteiger partial charge in [0.25, 0.3) is 0 Å². The maximum atomic E-state index is 11.5. The topological polar surface area (TPSA) is 43.8 Å². The third-order valence-electron chi connectivity index (χ3n) is 4.49. The van der Waals surface area contributed by atoms with E-state index < -0.39 is 11.4 Å². The van der Waals surface area contributed by atoms with Gasteiger partial charge < -0.3 is 10.0 Å². The van der Waals surface area contributed by atoms with Gasteiger partial charge in [0.15, 0.2) is 0 Å². The molecular formula is C13H24N2O2. The second-order valence-corrected chi connectivity index (χ2v) is 5.87. The highest BCUT2D eigenvalue weighted by Gasteiger charge is 2.43. The molecule has 1 atom stereocenters. The van der Waals surface area contributed by atoms with Crippen molar-refractivity contribution < 1.29 is 9.90 Å². The Balaban J connectivity index is 2.01. The zero-order valence-corrected chi connectivity index (χ0v) is 11.0. The Bertz CT molecular complexity index is 287. The van der Waals surface area contributed by atoms with Crippen molar-refractivity contribution in [2.24, 2.45) is 5.41 Å². The predicted molar refractivity (Wildman–Crippen MR) is 67.1 cm³/mol. The molecule has 0 spiro atoms. The average Bonchev–Trinajstić information content (AvgIpc) is 2.72. The number of rotatable bonds is 3. The Morgan fingerprint density at radius 3 is 2.53 bits per heavy atom. The molecule has 1 aliphatic heterocycles. The lowest BCUT2D eigenvalue weighted by Crippen LogP contribution is -2.54. The summed E-state index contributed by atoms with van der Waals surface area (Å²) in [6.07, 6.45) is 3.88. The molecule has 98 valence electrons. The SMILES string of the molecule is CC1CN(C)CCN1CC1(C(=O)O)CCCC1. The first-order valence-corrected chi connectivity index (χ1v) is 6.69. The first-order valence-electron chi connectivity index (χ1n) is 6.69. The van der Waals surface area contributed by atoms with Crippen molar-refractivity contribution in [3.63, 3.8) is 0 Å². The van der Waals surface area contributed by atoms with E-state index in [-0.39, 0.29) is 0 Å². The molecule has 0 aromatic rings. The van der Waals surface area contributed by atoms with E-state index in [1.165, 1.54) is 0 Å². The molecule has 17 heavy (non-hydrogen) atoms. The van der Waals surface area contributed by atoms with Gasteiger partial charge in [0.1, 0.15) is 0 Å². The van der Waals surface area contributed by atoms with Crippen LogP contribution in [0.4, 0.5) is 0 Å². The van der Waals surface area contributed by atoms with Crippen LogP contribution < -0.4 is 0 Å². The maximum Gasteiger partial charge on any atom is 0.310 e. The number of hydrogen-bond donors (Lipinski definition) is 1. The lowest BCUT2D eigenvalue weighted by Gasteiger charge is -2.41. The van der Waals surface area contributed by atoms with Gasteiger partial charge in [-0.25, -0.2) is 0 Å². The quantitative estimate of drug-likeness (QED) is 0.807. The number of likely N-dealkylation sites (N-methyl/N-ethyl adjacent to an activating group) is 1. The van der Waals surface area contributed by atoms with Crippen molar-refractivity contribution >= 4 is 5.97 Å². The van der Waals surface area contributed by atoms with E-state index in [9.17, 15) is 9.90 Å². The van der Waals surface area contributed by atoms with Crippen LogP contribution in [0, 0.1) is 5.41 Å². The second-order valence-electron chi connectivity index (χ2n) is 5.87. The summed E-state index contributed by atoms with van der Waals surface area (Å²) in [6, 6.07) is 0.477. The summed E-state index contributed by atoms with van der Waals surface area (Å²) in [5.74, 6) is -0.582. The first-order chi connectivity index (χ1) is 8.03. The minimum atomic E-state index is -0.582. The Kier molecular flexibility index (Phi) is 3.73. The zero-order chi connectivity index (χ0) is 12.5. The van der Waals surface area contributed by atoms with E-state index in [0.717, 1.165) is 51.9 Å². The van der Waals surface area contributed by atoms with Gasteiger partial charge in [-0.3, -0.25) is 9.69 Å². The lowest BCUT2D eigenvalue weighted by molar-refractivity contribution is -0.150. The monoisotopic (exact) mass is 240 g/mol. The van der Waals surface area contributed by atoms with Crippen molar-refractivity contribution in [1.82, 2.24) is 9.80 Å². The van der Waals surface area contributed by atoms with Crippen molar-refractivity contribution in [2.45, 2.75) is 38.6 Å². The molecule has 0 radical (unpaired) electrons. The Hall–Kier alpha value is -0.610. The molecule has 4 heteroatoms. The van der Waals surface area contributed by atoms with E-state index >= 15 is 0 Å². The molecule has 2 aliphatic rings. The maximum absolute atomic E-state index is 11.5. The minimum absolute atomic E-state index is 0.454. The number of nitrogens with zero attached hydrogens (tertiary/aromatic N) is 2. The minimum Gasteiger partial charge on any atom is -0.481 e. The highest BCUT2D eigenvalue weighted by atomic mass is 16.4. The van der Waals surface area contributed by atoms with E-state index in [2.05, 4.69) is 23.8 Å². The molecule has 1 heterocycles. The summed E-state index contributed by atoms with van der Waals surface area (Å²) in [5, 5.41) is 9.50. The van der Waals surface area contributed by atoms with Crippen molar-refractivity contribution in [2.75, 3.05) is 33.2 Å². The fourth-order valence-corrected chi connectivity index (χ4v) is 3.29. The number of aliphatic carboxylic acids is 1. The van der Waals surface area contributed by atoms with Gasteiger partial charge in [0, 0.05) is 32.2 Å². The van der Waals surface area contributed by atoms with Crippen LogP contribution in [0.1, 0.15) is 32.6 Å². The van der Waals surface area contributed by atoms with Crippen LogP contribution >= 0.6 is 0 Å². The summed E-state index contributed by atoms with van der Waals surface area (Å²) in [5.41, 5.74) is -0.454. The lowest BCUT2D eigenvalue weighted by atomic mass is 9.85. The van der Waals surface area contributed by atoms with Crippen LogP contribution in [0.5, 0.6) is 0 Å². The third-order valence-corrected chi connectivity index (χ3v) is 4.49. The van der Waals surface area contributed by atoms with Gasteiger partial charge in [0.2, 0.25) is 0 Å². The van der Waals surface area contributed by atoms with E-state index in [1.807, 2.05) is 0 Å². The van der Waals surface area contributed by atoms with Gasteiger partial charge in [-0.1, -0.05) is 12.8 Å². The largest absolute Gasteiger partial charge is 0.481 e. The summed E-state index contributed by atoms with van der Waals surface area (Å²) < 4.78 is 0. The molecular weight excluding hydrogens is 216 g/mol. The van der Waals surface area contributed by atoms with Crippen molar-refractivity contribution in [3.8, 4) is 0 Å². The van der Waals surface area contributed by atoms with Crippen molar-refractivity contribution in [3.05, 3.63) is 0 Å². The Morgan fingerprint density at radius 2 is 2.00 bits per heavy atom. The summed E-state index contributed by atoms with van der Waals surface area (Å²) in [7, 11) is 2.14. The normalized spacial score (nSPS) is 30.6. The standard InChI is InChI=1S/C13H24N2O2/c1-11-9-14(2)7-8-15(11)10-13(12(16)17)5-3-4-6-13/h11H,3-10H2,1-2H3,(H,16,17). The molecule has 0 amide bonds. The number of carboxylic acid groups (broad SMARTS) is 1. The molecule has 2 rings (SSSR count). The molecule has 1 saturated heterocycles. The number of hydrogen-bond acceptors (Lipinski definition) is 3. The third kappa shape index (κ3) is 2.63. The molecule has 1 unspecified atom stereocenters. The molecule has 0 aromatic heterocycles. The summed E-state index contributed by atoms with van der Waals surface area (Å²) >= 11 is 0. The van der Waals surface area contributed by atoms with Crippen LogP contribution in [0.25, 0.3) is 0 Å². The van der Waals surface area contributed by atoms with Gasteiger partial charge in [-0.15, -0.1) is 0 Å². The fraction of sp³-hybridized carbons (Fsp3) is 0.923. The number of carboxylic acids is 1. The fourth-order valence-electron chi connectivity index (χ4n) is 3.29. The number of carbonyl (C=O) groups is 1. The number of piperazine rings is 1. The molecule has 1 N–H and O–H groups in total. The molecule has 4 nitrogen and oxygen atoms in total. The smallest absolute Gasteiger partial charge is 0.310 e. The Morgan fingerprint density at radius 1 is 1.35 bits per heavy atom. The first kappa shape index (κ1) is 12.8. The molecule has 1 aliphatic carbocycles. The van der Waals surface area contributed by atoms with Crippen LogP contribution in [0.3, 0.4) is 0 Å². The predicted octanol–water partition coefficient (Wildman–Crippen LogP) is 1.27. The molecule has 0 aromatic carbocycles. The van der Waals surface area contributed by atoms with E-state index in [0.29, 0.717) is 6.04 Å². The second kappa shape index (κ2) is 4.94. The summed E-state index contributed by atoms with van der Waals surface area (Å²) in [4.78, 5) is 16.2. The molecule has 1 saturated carbocycles. The van der Waals surface area contributed by atoms with Gasteiger partial charge in [-0.05, 0) is 26.8 Å². The zero-order valence-electron chi connectivity index (χ0n) is 11.0. The van der Waals surface area contributed by atoms with E-state index in [4.69, 9.17) is 0 Å². The van der Waals surface area contributed by atoms with Crippen LogP contribution in [-0.2, 0) is 4.79 Å². The van der Waals surface area contributed by atoms with Gasteiger partial charge in [-0.2, -0.15) is 0 Å². The molecule has 2 fully saturated rings.